The molecule has 0 N–H and O–H groups in total. The Morgan fingerprint density at radius 1 is 1.10 bits per heavy atom. The number of sulfone groups is 1. The Morgan fingerprint density at radius 2 is 1.87 bits per heavy atom. The van der Waals surface area contributed by atoms with Crippen LogP contribution in [0.15, 0.2) is 47.4 Å². The van der Waals surface area contributed by atoms with Crippen molar-refractivity contribution in [3.63, 3.8) is 0 Å². The zero-order chi connectivity index (χ0) is 21.3. The molecule has 1 atom stereocenters. The molecule has 0 saturated carbocycles. The Labute approximate surface area is 177 Å². The van der Waals surface area contributed by atoms with Crippen molar-refractivity contribution in [2.45, 2.75) is 22.3 Å². The molecule has 0 radical (unpaired) electrons. The Balaban J connectivity index is 1.52. The van der Waals surface area contributed by atoms with E-state index < -0.39 is 26.4 Å². The predicted molar refractivity (Wildman–Crippen MR) is 108 cm³/mol. The van der Waals surface area contributed by atoms with Crippen LogP contribution in [0.25, 0.3) is 0 Å². The van der Waals surface area contributed by atoms with Crippen molar-refractivity contribution in [3.8, 4) is 11.5 Å². The van der Waals surface area contributed by atoms with E-state index in [1.165, 1.54) is 23.1 Å². The molecule has 0 aromatic heterocycles. The maximum absolute atomic E-state index is 13.0. The Morgan fingerprint density at radius 3 is 2.67 bits per heavy atom. The minimum absolute atomic E-state index is 0.123. The molecule has 30 heavy (non-hydrogen) atoms. The van der Waals surface area contributed by atoms with E-state index in [0.29, 0.717) is 36.8 Å². The number of hydrogen-bond acceptors (Lipinski definition) is 6. The van der Waals surface area contributed by atoms with Crippen LogP contribution in [0.5, 0.6) is 11.5 Å². The van der Waals surface area contributed by atoms with Crippen molar-refractivity contribution in [1.29, 1.82) is 0 Å². The summed E-state index contributed by atoms with van der Waals surface area (Å²) in [5.74, 6) is -2.11. The first-order chi connectivity index (χ1) is 14.4. The van der Waals surface area contributed by atoms with Gasteiger partial charge in [0.25, 0.3) is 5.91 Å². The van der Waals surface area contributed by atoms with Gasteiger partial charge in [-0.25, -0.2) is 8.42 Å². The number of hydrogen-bond donors (Lipinski definition) is 0. The third kappa shape index (κ3) is 3.98. The van der Waals surface area contributed by atoms with Crippen LogP contribution in [0.3, 0.4) is 0 Å². The molecule has 0 bridgehead atoms. The lowest BCUT2D eigenvalue weighted by atomic mass is 10.1. The first kappa shape index (κ1) is 20.9. The first-order valence-corrected chi connectivity index (χ1v) is 11.9. The fraction of sp³-hybridized carbons (Fsp3) is 0.350. The zero-order valence-electron chi connectivity index (χ0n) is 15.8. The molecule has 6 nitrogen and oxygen atoms in total. The zero-order valence-corrected chi connectivity index (χ0v) is 17.4. The maximum atomic E-state index is 13.0. The van der Waals surface area contributed by atoms with Crippen LogP contribution in [0.1, 0.15) is 27.6 Å². The summed E-state index contributed by atoms with van der Waals surface area (Å²) in [6.45, 7) is 0.974. The lowest BCUT2D eigenvalue weighted by Crippen LogP contribution is -2.34. The number of benzene rings is 2. The highest BCUT2D eigenvalue weighted by atomic mass is 32.2. The molecular weight excluding hydrogens is 436 g/mol. The molecule has 2 heterocycles. The van der Waals surface area contributed by atoms with E-state index in [-0.39, 0.29) is 17.6 Å². The second-order valence-electron chi connectivity index (χ2n) is 6.85. The second kappa shape index (κ2) is 8.43. The summed E-state index contributed by atoms with van der Waals surface area (Å²) < 4.78 is 60.8. The Kier molecular flexibility index (Phi) is 5.88. The van der Waals surface area contributed by atoms with Crippen molar-refractivity contribution in [1.82, 2.24) is 4.90 Å². The van der Waals surface area contributed by atoms with Gasteiger partial charge in [0.2, 0.25) is 16.6 Å². The number of alkyl halides is 2. The van der Waals surface area contributed by atoms with E-state index in [2.05, 4.69) is 0 Å². The topological polar surface area (TPSA) is 72.9 Å². The molecule has 2 aliphatic rings. The van der Waals surface area contributed by atoms with Crippen LogP contribution in [-0.2, 0) is 9.84 Å². The number of nitrogens with zero attached hydrogens (tertiary/aromatic N) is 1. The number of rotatable bonds is 4. The first-order valence-electron chi connectivity index (χ1n) is 9.29. The number of amides is 1. The highest BCUT2D eigenvalue weighted by molar-refractivity contribution is 7.99. The maximum Gasteiger partial charge on any atom is 0.341 e. The highest BCUT2D eigenvalue weighted by Crippen LogP contribution is 2.40. The van der Waals surface area contributed by atoms with Gasteiger partial charge in [-0.1, -0.05) is 18.2 Å². The van der Waals surface area contributed by atoms with Crippen molar-refractivity contribution in [2.24, 2.45) is 0 Å². The van der Waals surface area contributed by atoms with Gasteiger partial charge in [0.15, 0.2) is 11.5 Å². The fourth-order valence-electron chi connectivity index (χ4n) is 3.51. The lowest BCUT2D eigenvalue weighted by molar-refractivity contribution is 0.0762. The average Bonchev–Trinajstić information content (AvgIpc) is 3.08. The van der Waals surface area contributed by atoms with E-state index in [0.717, 1.165) is 11.6 Å². The SMILES string of the molecule is O=C(c1ccccc1S(=O)(=O)C(F)F)N1CCSC(c2ccc3c(c2)OCO3)CC1. The molecule has 10 heteroatoms. The third-order valence-corrected chi connectivity index (χ3v) is 7.82. The van der Waals surface area contributed by atoms with Crippen LogP contribution in [0.2, 0.25) is 0 Å². The average molecular weight is 456 g/mol. The van der Waals surface area contributed by atoms with Gasteiger partial charge in [-0.2, -0.15) is 20.5 Å². The van der Waals surface area contributed by atoms with Gasteiger partial charge in [-0.15, -0.1) is 0 Å². The van der Waals surface area contributed by atoms with Crippen LogP contribution in [0, 0.1) is 0 Å². The summed E-state index contributed by atoms with van der Waals surface area (Å²) in [6.07, 6.45) is 0.639. The van der Waals surface area contributed by atoms with Gasteiger partial charge in [-0.05, 0) is 36.2 Å². The van der Waals surface area contributed by atoms with E-state index in [1.807, 2.05) is 18.2 Å². The van der Waals surface area contributed by atoms with E-state index in [9.17, 15) is 22.0 Å². The lowest BCUT2D eigenvalue weighted by Gasteiger charge is -2.22. The molecular formula is C20H19F2NO5S2. The minimum atomic E-state index is -4.87. The molecule has 1 unspecified atom stereocenters. The summed E-state index contributed by atoms with van der Waals surface area (Å²) in [7, 11) is -4.87. The van der Waals surface area contributed by atoms with Gasteiger partial charge in [0, 0.05) is 24.1 Å². The molecule has 2 aromatic rings. The van der Waals surface area contributed by atoms with Gasteiger partial charge in [0.1, 0.15) is 0 Å². The van der Waals surface area contributed by atoms with Crippen LogP contribution < -0.4 is 9.47 Å². The van der Waals surface area contributed by atoms with E-state index in [4.69, 9.17) is 9.47 Å². The van der Waals surface area contributed by atoms with Crippen molar-refractivity contribution in [3.05, 3.63) is 53.6 Å². The molecule has 1 amide bonds. The number of halogens is 2. The summed E-state index contributed by atoms with van der Waals surface area (Å²) in [4.78, 5) is 13.9. The highest BCUT2D eigenvalue weighted by Gasteiger charge is 2.33. The Bertz CT molecular complexity index is 1060. The largest absolute Gasteiger partial charge is 0.454 e. The van der Waals surface area contributed by atoms with Crippen molar-refractivity contribution >= 4 is 27.5 Å². The summed E-state index contributed by atoms with van der Waals surface area (Å²) in [5, 5.41) is 0.123. The van der Waals surface area contributed by atoms with Gasteiger partial charge in [-0.3, -0.25) is 4.79 Å². The fourth-order valence-corrected chi connectivity index (χ4v) is 5.65. The monoisotopic (exact) mass is 455 g/mol. The van der Waals surface area contributed by atoms with Gasteiger partial charge >= 0.3 is 5.76 Å². The number of ether oxygens (including phenoxy) is 2. The van der Waals surface area contributed by atoms with Crippen molar-refractivity contribution < 1.29 is 31.5 Å². The van der Waals surface area contributed by atoms with Crippen LogP contribution >= 0.6 is 11.8 Å². The summed E-state index contributed by atoms with van der Waals surface area (Å²) in [5.41, 5.74) is 0.837. The quantitative estimate of drug-likeness (QED) is 0.700. The smallest absolute Gasteiger partial charge is 0.341 e. The molecule has 2 aromatic carbocycles. The number of carbonyl (C=O) groups excluding carboxylic acids is 1. The standard InChI is InChI=1S/C20H19F2NO5S2/c21-20(22)30(25,26)18-4-2-1-3-14(18)19(24)23-8-7-17(29-10-9-23)13-5-6-15-16(11-13)28-12-27-15/h1-6,11,17,20H,7-10,12H2. The molecule has 0 aliphatic carbocycles. The molecule has 0 spiro atoms. The summed E-state index contributed by atoms with van der Waals surface area (Å²) in [6, 6.07) is 10.9. The van der Waals surface area contributed by atoms with Crippen LogP contribution in [0.4, 0.5) is 8.78 Å². The van der Waals surface area contributed by atoms with Gasteiger partial charge < -0.3 is 14.4 Å². The Hall–Kier alpha value is -2.33. The van der Waals surface area contributed by atoms with E-state index >= 15 is 0 Å². The molecule has 2 aliphatic heterocycles. The normalized spacial score (nSPS) is 19.0. The predicted octanol–water partition coefficient (Wildman–Crippen LogP) is 3.73. The number of thioether (sulfide) groups is 1. The van der Waals surface area contributed by atoms with E-state index in [1.54, 1.807) is 11.8 Å². The molecule has 1 saturated heterocycles. The van der Waals surface area contributed by atoms with Gasteiger partial charge in [0.05, 0.1) is 10.5 Å². The second-order valence-corrected chi connectivity index (χ2v) is 10.1. The van der Waals surface area contributed by atoms with Crippen molar-refractivity contribution in [2.75, 3.05) is 25.6 Å². The third-order valence-electron chi connectivity index (χ3n) is 5.06. The molecule has 160 valence electrons. The molecule has 1 fully saturated rings. The summed E-state index contributed by atoms with van der Waals surface area (Å²) >= 11 is 1.69. The molecule has 4 rings (SSSR count). The van der Waals surface area contributed by atoms with Crippen LogP contribution in [-0.4, -0.2) is 50.6 Å². The number of carbonyl (C=O) groups is 1. The number of fused-ring (bicyclic) bond motifs is 1. The minimum Gasteiger partial charge on any atom is -0.454 e.